The van der Waals surface area contributed by atoms with Gasteiger partial charge in [0.25, 0.3) is 11.8 Å². The van der Waals surface area contributed by atoms with Crippen LogP contribution in [0.15, 0.2) is 97.1 Å². The van der Waals surface area contributed by atoms with E-state index in [4.69, 9.17) is 42.0 Å². The summed E-state index contributed by atoms with van der Waals surface area (Å²) >= 11 is 7.68. The van der Waals surface area contributed by atoms with Crippen LogP contribution in [0.5, 0.6) is 11.5 Å². The molecule has 101 heavy (non-hydrogen) atoms. The van der Waals surface area contributed by atoms with E-state index in [-0.39, 0.29) is 90.5 Å². The number of unbranched alkanes of at least 4 members (excludes halogenated alkanes) is 1. The number of fused-ring (bicyclic) bond motifs is 6. The van der Waals surface area contributed by atoms with Gasteiger partial charge in [-0.15, -0.1) is 22.9 Å². The average Bonchev–Trinajstić information content (AvgIpc) is 1.57. The number of urea groups is 1. The molecule has 0 radical (unpaired) electrons. The maximum Gasteiger partial charge on any atom is 0.415 e. The topological polar surface area (TPSA) is 397 Å². The molecule has 0 aliphatic carbocycles. The van der Waals surface area contributed by atoms with Crippen LogP contribution in [0.2, 0.25) is 0 Å². The van der Waals surface area contributed by atoms with Crippen LogP contribution < -0.4 is 57.3 Å². The highest BCUT2D eigenvalue weighted by Crippen LogP contribution is 2.49. The van der Waals surface area contributed by atoms with Crippen LogP contribution in [0.25, 0.3) is 21.5 Å². The number of nitrogens with two attached hydrogens (primary N) is 2. The summed E-state index contributed by atoms with van der Waals surface area (Å²) in [7, 11) is 3.01. The molecule has 542 valence electrons. The first-order chi connectivity index (χ1) is 48.4. The molecule has 30 heteroatoms. The Balaban J connectivity index is 0.813. The maximum atomic E-state index is 14.8. The first kappa shape index (κ1) is 76.0. The second kappa shape index (κ2) is 34.4. The van der Waals surface area contributed by atoms with Crippen LogP contribution in [-0.4, -0.2) is 199 Å². The van der Waals surface area contributed by atoms with Crippen molar-refractivity contribution in [3.63, 3.8) is 0 Å². The van der Waals surface area contributed by atoms with E-state index in [1.165, 1.54) is 30.8 Å². The molecule has 5 aromatic carbocycles. The van der Waals surface area contributed by atoms with Gasteiger partial charge < -0.3 is 97.0 Å². The monoisotopic (exact) mass is 1430 g/mol. The van der Waals surface area contributed by atoms with E-state index in [1.54, 1.807) is 84.3 Å². The number of thiophene rings is 1. The molecule has 1 fully saturated rings. The number of primary amides is 1. The minimum Gasteiger partial charge on any atom is -0.461 e. The number of amides is 10. The third-order valence-electron chi connectivity index (χ3n) is 18.2. The molecule has 10 amide bonds. The van der Waals surface area contributed by atoms with Crippen molar-refractivity contribution in [3.8, 4) is 11.5 Å². The molecule has 3 aliphatic rings. The number of rotatable bonds is 29. The van der Waals surface area contributed by atoms with Gasteiger partial charge in [0.1, 0.15) is 60.6 Å². The van der Waals surface area contributed by atoms with Gasteiger partial charge in [-0.2, -0.15) is 0 Å². The number of alkyl halides is 1. The Hall–Kier alpha value is -9.20. The first-order valence-electron chi connectivity index (χ1n) is 33.6. The summed E-state index contributed by atoms with van der Waals surface area (Å²) in [4.78, 5) is 128. The molecule has 3 aliphatic heterocycles. The van der Waals surface area contributed by atoms with Gasteiger partial charge in [-0.25, -0.2) is 14.4 Å². The Morgan fingerprint density at radius 1 is 0.693 bits per heavy atom. The summed E-state index contributed by atoms with van der Waals surface area (Å²) in [6.07, 6.45) is -6.64. The molecule has 1 saturated heterocycles. The number of carbonyl (C=O) groups excluding carboxylic acids is 9. The maximum absolute atomic E-state index is 14.8. The second-order valence-corrected chi connectivity index (χ2v) is 27.1. The van der Waals surface area contributed by atoms with Crippen molar-refractivity contribution in [2.24, 2.45) is 17.4 Å². The SMILES string of the molecule is CC[C@@H]1CN(C(=O)c2ccc(C(=O)N3C[C@@H](CCl)c4c3cc(OC(=O)N(C)CCN(C)C(=O)OCc3ccc(NC(=O)[C@H](CCCNC(N)=O)NC(=O)[C@@H](NC(=O)[C@H](CCCCN)NC(C)=O)C(C)C)cc3)c3ccccc43)s2)c2cc(O[C@@H]3OC(CO)[C@H](O)C(O)[C@@H]3O)c3ccccc3c21. The summed E-state index contributed by atoms with van der Waals surface area (Å²) in [5.74, 6) is -3.33. The number of nitrogens with zero attached hydrogens (tertiary/aromatic N) is 4. The summed E-state index contributed by atoms with van der Waals surface area (Å²) in [6.45, 7) is 6.98. The van der Waals surface area contributed by atoms with Crippen molar-refractivity contribution in [2.75, 3.05) is 81.0 Å². The number of aliphatic hydroxyl groups excluding tert-OH is 4. The number of hydrogen-bond acceptors (Lipinski definition) is 19. The largest absolute Gasteiger partial charge is 0.461 e. The van der Waals surface area contributed by atoms with Gasteiger partial charge in [0.15, 0.2) is 0 Å². The van der Waals surface area contributed by atoms with Gasteiger partial charge in [0.2, 0.25) is 29.9 Å². The summed E-state index contributed by atoms with van der Waals surface area (Å²) < 4.78 is 23.6. The number of aliphatic hydroxyl groups is 4. The highest BCUT2D eigenvalue weighted by Gasteiger charge is 2.46. The van der Waals surface area contributed by atoms with Gasteiger partial charge in [0.05, 0.1) is 27.7 Å². The molecule has 6 aromatic rings. The Bertz CT molecular complexity index is 4010. The van der Waals surface area contributed by atoms with E-state index in [0.717, 1.165) is 27.8 Å². The number of hydrogen-bond donors (Lipinski definition) is 11. The number of benzene rings is 5. The van der Waals surface area contributed by atoms with Gasteiger partial charge in [-0.3, -0.25) is 28.8 Å². The zero-order valence-electron chi connectivity index (χ0n) is 57.0. The van der Waals surface area contributed by atoms with Gasteiger partial charge in [-0.05, 0) is 103 Å². The Labute approximate surface area is 592 Å². The molecular formula is C71H88ClN11O17S. The molecule has 2 unspecified atom stereocenters. The van der Waals surface area contributed by atoms with Crippen LogP contribution in [-0.2, 0) is 35.3 Å². The Morgan fingerprint density at radius 2 is 1.26 bits per heavy atom. The minimum absolute atomic E-state index is 0.0143. The van der Waals surface area contributed by atoms with Crippen LogP contribution >= 0.6 is 22.9 Å². The fourth-order valence-corrected chi connectivity index (χ4v) is 13.8. The number of ether oxygens (including phenoxy) is 4. The van der Waals surface area contributed by atoms with Crippen molar-refractivity contribution >= 4 is 115 Å². The zero-order valence-corrected chi connectivity index (χ0v) is 58.6. The fourth-order valence-electron chi connectivity index (χ4n) is 12.6. The van der Waals surface area contributed by atoms with E-state index >= 15 is 0 Å². The standard InChI is InChI=1S/C71H88ClN11O17S/c1-7-41-34-82(50-31-52(44-15-8-10-17-46(44)57(41)50)98-68-62(88)61(87)60(86)54(36-84)99-68)66(92)55-25-26-56(101-55)67(93)83-35-42(33-72)58-47-18-11-9-16-45(47)53(32-51(58)83)100-71(96)81(6)30-29-80(5)70(95)97-37-40-21-23-43(24-22-40)77-63(89)49(20-14-28-75-69(74)94)78-65(91)59(38(2)3)79-64(90)48(76-39(4)85)19-12-13-27-73/h8-11,15-18,21-26,31-32,38,41-42,48-49,54,59-62,68,84,86-88H,7,12-14,19-20,27-30,33-37,73H2,1-6H3,(H,76,85)(H,77,89)(H,78,91)(H,79,90)(H3,74,75,94)/t41-,42-,48+,49+,54?,59+,60+,61?,62+,68-/m1/s1. The van der Waals surface area contributed by atoms with Crippen LogP contribution in [0.4, 0.5) is 31.4 Å². The van der Waals surface area contributed by atoms with Crippen molar-refractivity contribution in [2.45, 2.75) is 133 Å². The lowest BCUT2D eigenvalue weighted by atomic mass is 9.92. The second-order valence-electron chi connectivity index (χ2n) is 25.7. The number of nitrogens with one attached hydrogen (secondary N) is 5. The quantitative estimate of drug-likeness (QED) is 0.0198. The number of likely N-dealkylation sites (N-methyl/N-ethyl adjacent to an activating group) is 2. The lowest BCUT2D eigenvalue weighted by molar-refractivity contribution is -0.277. The predicted octanol–water partition coefficient (Wildman–Crippen LogP) is 5.72. The molecule has 0 saturated carbocycles. The van der Waals surface area contributed by atoms with E-state index in [2.05, 4.69) is 26.6 Å². The van der Waals surface area contributed by atoms with Crippen LogP contribution in [0.3, 0.4) is 0 Å². The zero-order chi connectivity index (χ0) is 72.9. The highest BCUT2D eigenvalue weighted by atomic mass is 35.5. The van der Waals surface area contributed by atoms with Crippen molar-refractivity contribution in [1.29, 1.82) is 0 Å². The molecule has 10 atom stereocenters. The predicted molar refractivity (Wildman–Crippen MR) is 379 cm³/mol. The molecule has 0 bridgehead atoms. The Kier molecular flexibility index (Phi) is 25.9. The normalized spacial score (nSPS) is 19.3. The molecule has 13 N–H and O–H groups in total. The fraction of sp³-hybridized carbons (Fsp3) is 0.451. The van der Waals surface area contributed by atoms with Crippen molar-refractivity contribution in [1.82, 2.24) is 31.1 Å². The van der Waals surface area contributed by atoms with Crippen LogP contribution in [0, 0.1) is 5.92 Å². The number of carbonyl (C=O) groups is 9. The van der Waals surface area contributed by atoms with Gasteiger partial charge in [0, 0.05) is 100 Å². The molecular weight excluding hydrogens is 1350 g/mol. The summed E-state index contributed by atoms with van der Waals surface area (Å²) in [5, 5.41) is 57.9. The Morgan fingerprint density at radius 3 is 1.83 bits per heavy atom. The van der Waals surface area contributed by atoms with E-state index in [1.807, 2.05) is 43.3 Å². The summed E-state index contributed by atoms with van der Waals surface area (Å²) in [6, 6.07) is 23.7. The van der Waals surface area contributed by atoms with Crippen molar-refractivity contribution < 1.29 is 82.5 Å². The lowest BCUT2D eigenvalue weighted by Gasteiger charge is -2.39. The molecule has 28 nitrogen and oxygen atoms in total. The van der Waals surface area contributed by atoms with Crippen LogP contribution in [0.1, 0.15) is 114 Å². The third-order valence-corrected chi connectivity index (χ3v) is 19.6. The van der Waals surface area contributed by atoms with E-state index in [9.17, 15) is 63.6 Å². The molecule has 1 aromatic heterocycles. The minimum atomic E-state index is -1.68. The van der Waals surface area contributed by atoms with Gasteiger partial charge >= 0.3 is 18.2 Å². The number of halogens is 1. The third kappa shape index (κ3) is 17.9. The molecule has 9 rings (SSSR count). The van der Waals surface area contributed by atoms with Gasteiger partial charge in [-0.1, -0.05) is 81.4 Å². The first-order valence-corrected chi connectivity index (χ1v) is 34.9. The highest BCUT2D eigenvalue weighted by molar-refractivity contribution is 7.16. The van der Waals surface area contributed by atoms with Crippen molar-refractivity contribution in [3.05, 3.63) is 124 Å². The summed E-state index contributed by atoms with van der Waals surface area (Å²) in [5.41, 5.74) is 14.5. The van der Waals surface area contributed by atoms with E-state index in [0.29, 0.717) is 77.6 Å². The van der Waals surface area contributed by atoms with E-state index < -0.39 is 109 Å². The smallest absolute Gasteiger partial charge is 0.415 e. The molecule has 4 heterocycles. The number of anilines is 3. The molecule has 0 spiro atoms. The average molecular weight is 1440 g/mol. The lowest BCUT2D eigenvalue weighted by Crippen LogP contribution is -2.60.